The molecular formula is C25H37N3O3. The van der Waals surface area contributed by atoms with Gasteiger partial charge in [0.05, 0.1) is 13.2 Å². The van der Waals surface area contributed by atoms with Gasteiger partial charge in [0.1, 0.15) is 5.75 Å². The van der Waals surface area contributed by atoms with Crippen molar-refractivity contribution < 1.29 is 14.3 Å². The van der Waals surface area contributed by atoms with Gasteiger partial charge in [0.15, 0.2) is 0 Å². The molecule has 4 rings (SSSR count). The lowest BCUT2D eigenvalue weighted by molar-refractivity contribution is -0.143. The Kier molecular flexibility index (Phi) is 7.16. The lowest BCUT2D eigenvalue weighted by Gasteiger charge is -2.44. The van der Waals surface area contributed by atoms with Gasteiger partial charge in [-0.25, -0.2) is 0 Å². The van der Waals surface area contributed by atoms with Gasteiger partial charge in [0, 0.05) is 44.3 Å². The highest BCUT2D eigenvalue weighted by molar-refractivity contribution is 5.94. The molecule has 2 aliphatic heterocycles. The number of hydrogen-bond acceptors (Lipinski definition) is 4. The summed E-state index contributed by atoms with van der Waals surface area (Å²) in [5.41, 5.74) is 0.665. The first-order valence-electron chi connectivity index (χ1n) is 12.1. The zero-order valence-corrected chi connectivity index (χ0v) is 19.1. The van der Waals surface area contributed by atoms with E-state index >= 15 is 0 Å². The van der Waals surface area contributed by atoms with Crippen molar-refractivity contribution in [2.45, 2.75) is 64.0 Å². The number of benzene rings is 1. The molecule has 0 aromatic heterocycles. The van der Waals surface area contributed by atoms with Crippen molar-refractivity contribution in [1.29, 1.82) is 0 Å². The van der Waals surface area contributed by atoms with Gasteiger partial charge in [0.2, 0.25) is 5.91 Å². The van der Waals surface area contributed by atoms with E-state index in [1.165, 1.54) is 19.3 Å². The number of amides is 2. The van der Waals surface area contributed by atoms with Crippen molar-refractivity contribution in [2.75, 3.05) is 39.8 Å². The van der Waals surface area contributed by atoms with Gasteiger partial charge < -0.3 is 14.5 Å². The van der Waals surface area contributed by atoms with Crippen LogP contribution in [0.15, 0.2) is 24.3 Å². The van der Waals surface area contributed by atoms with Gasteiger partial charge in [0.25, 0.3) is 5.91 Å². The molecule has 2 amide bonds. The Morgan fingerprint density at radius 3 is 2.35 bits per heavy atom. The lowest BCUT2D eigenvalue weighted by atomic mass is 9.92. The molecule has 1 aromatic carbocycles. The SMILES string of the molecule is COc1cccc(C(=O)N2CCN([C@H](C(=O)N3CCCC[C@H]3C)C3CCCC3)CC2)c1. The molecule has 170 valence electrons. The Labute approximate surface area is 186 Å². The van der Waals surface area contributed by atoms with Crippen molar-refractivity contribution in [3.63, 3.8) is 0 Å². The van der Waals surface area contributed by atoms with Crippen molar-refractivity contribution in [3.05, 3.63) is 29.8 Å². The fraction of sp³-hybridized carbons (Fsp3) is 0.680. The Hall–Kier alpha value is -2.08. The first kappa shape index (κ1) is 22.1. The monoisotopic (exact) mass is 427 g/mol. The molecule has 6 nitrogen and oxygen atoms in total. The van der Waals surface area contributed by atoms with Crippen molar-refractivity contribution in [1.82, 2.24) is 14.7 Å². The molecule has 1 aliphatic carbocycles. The van der Waals surface area contributed by atoms with Crippen molar-refractivity contribution >= 4 is 11.8 Å². The summed E-state index contributed by atoms with van der Waals surface area (Å²) in [6.07, 6.45) is 8.24. The molecule has 0 spiro atoms. The van der Waals surface area contributed by atoms with Crippen LogP contribution in [0.2, 0.25) is 0 Å². The number of piperazine rings is 1. The van der Waals surface area contributed by atoms with Crippen LogP contribution in [0, 0.1) is 5.92 Å². The molecule has 1 saturated carbocycles. The second kappa shape index (κ2) is 10.0. The summed E-state index contributed by atoms with van der Waals surface area (Å²) in [7, 11) is 1.62. The van der Waals surface area contributed by atoms with Crippen LogP contribution in [-0.2, 0) is 4.79 Å². The molecular weight excluding hydrogens is 390 g/mol. The Morgan fingerprint density at radius 2 is 1.68 bits per heavy atom. The summed E-state index contributed by atoms with van der Waals surface area (Å²) >= 11 is 0. The number of hydrogen-bond donors (Lipinski definition) is 0. The summed E-state index contributed by atoms with van der Waals surface area (Å²) in [5.74, 6) is 1.55. The molecule has 31 heavy (non-hydrogen) atoms. The number of carbonyl (C=O) groups excluding carboxylic acids is 2. The number of ether oxygens (including phenoxy) is 1. The zero-order valence-electron chi connectivity index (χ0n) is 19.1. The number of carbonyl (C=O) groups is 2. The first-order chi connectivity index (χ1) is 15.1. The maximum atomic E-state index is 13.7. The normalized spacial score (nSPS) is 24.3. The maximum absolute atomic E-state index is 13.7. The largest absolute Gasteiger partial charge is 0.497 e. The third-order valence-corrected chi connectivity index (χ3v) is 7.50. The van der Waals surface area contributed by atoms with E-state index in [1.54, 1.807) is 13.2 Å². The van der Waals surface area contributed by atoms with E-state index in [1.807, 2.05) is 23.1 Å². The van der Waals surface area contributed by atoms with Crippen molar-refractivity contribution in [2.24, 2.45) is 5.92 Å². The third kappa shape index (κ3) is 4.89. The molecule has 2 saturated heterocycles. The lowest BCUT2D eigenvalue weighted by Crippen LogP contribution is -2.60. The van der Waals surface area contributed by atoms with Crippen LogP contribution in [0.1, 0.15) is 62.2 Å². The average molecular weight is 428 g/mol. The molecule has 0 N–H and O–H groups in total. The first-order valence-corrected chi connectivity index (χ1v) is 12.1. The predicted molar refractivity (Wildman–Crippen MR) is 121 cm³/mol. The minimum Gasteiger partial charge on any atom is -0.497 e. The molecule has 2 heterocycles. The van der Waals surface area contributed by atoms with Crippen LogP contribution in [0.5, 0.6) is 5.75 Å². The third-order valence-electron chi connectivity index (χ3n) is 7.50. The number of methoxy groups -OCH3 is 1. The second-order valence-electron chi connectivity index (χ2n) is 9.43. The number of piperidine rings is 1. The van der Waals surface area contributed by atoms with E-state index in [0.717, 1.165) is 45.3 Å². The highest BCUT2D eigenvalue weighted by Gasteiger charge is 2.40. The standard InChI is InChI=1S/C25H37N3O3/c1-19-8-5-6-13-28(19)25(30)23(20-9-3-4-10-20)26-14-16-27(17-15-26)24(29)21-11-7-12-22(18-21)31-2/h7,11-12,18-20,23H,3-6,8-10,13-17H2,1-2H3/t19-,23+/m1/s1. The van der Waals surface area contributed by atoms with Gasteiger partial charge in [-0.3, -0.25) is 14.5 Å². The van der Waals surface area contributed by atoms with E-state index in [-0.39, 0.29) is 11.9 Å². The molecule has 3 aliphatic rings. The predicted octanol–water partition coefficient (Wildman–Crippen LogP) is 3.41. The Bertz CT molecular complexity index is 769. The highest BCUT2D eigenvalue weighted by atomic mass is 16.5. The van der Waals surface area contributed by atoms with E-state index in [0.29, 0.717) is 42.3 Å². The van der Waals surface area contributed by atoms with Crippen LogP contribution in [-0.4, -0.2) is 78.4 Å². The number of rotatable bonds is 5. The molecule has 1 aromatic rings. The van der Waals surface area contributed by atoms with Crippen LogP contribution in [0.25, 0.3) is 0 Å². The number of nitrogens with zero attached hydrogens (tertiary/aromatic N) is 3. The summed E-state index contributed by atoms with van der Waals surface area (Å²) in [6, 6.07) is 7.69. The molecule has 0 radical (unpaired) electrons. The summed E-state index contributed by atoms with van der Waals surface area (Å²) in [6.45, 7) is 5.98. The quantitative estimate of drug-likeness (QED) is 0.723. The molecule has 0 unspecified atom stereocenters. The van der Waals surface area contributed by atoms with E-state index in [9.17, 15) is 9.59 Å². The average Bonchev–Trinajstić information content (AvgIpc) is 3.34. The highest BCUT2D eigenvalue weighted by Crippen LogP contribution is 2.33. The van der Waals surface area contributed by atoms with E-state index < -0.39 is 0 Å². The van der Waals surface area contributed by atoms with Gasteiger partial charge in [-0.1, -0.05) is 18.9 Å². The molecule has 0 bridgehead atoms. The second-order valence-corrected chi connectivity index (χ2v) is 9.43. The molecule has 2 atom stereocenters. The molecule has 3 fully saturated rings. The Morgan fingerprint density at radius 1 is 0.968 bits per heavy atom. The van der Waals surface area contributed by atoms with Crippen LogP contribution >= 0.6 is 0 Å². The minimum atomic E-state index is -0.0166. The Balaban J connectivity index is 1.43. The van der Waals surface area contributed by atoms with Gasteiger partial charge in [-0.2, -0.15) is 0 Å². The maximum Gasteiger partial charge on any atom is 0.254 e. The van der Waals surface area contributed by atoms with Crippen LogP contribution in [0.4, 0.5) is 0 Å². The number of likely N-dealkylation sites (tertiary alicyclic amines) is 1. The van der Waals surface area contributed by atoms with Crippen LogP contribution < -0.4 is 4.74 Å². The smallest absolute Gasteiger partial charge is 0.254 e. The van der Waals surface area contributed by atoms with E-state index in [2.05, 4.69) is 16.7 Å². The van der Waals surface area contributed by atoms with Gasteiger partial charge in [-0.15, -0.1) is 0 Å². The fourth-order valence-electron chi connectivity index (χ4n) is 5.67. The topological polar surface area (TPSA) is 53.1 Å². The minimum absolute atomic E-state index is 0.0166. The van der Waals surface area contributed by atoms with E-state index in [4.69, 9.17) is 4.74 Å². The van der Waals surface area contributed by atoms with Crippen molar-refractivity contribution in [3.8, 4) is 5.75 Å². The van der Waals surface area contributed by atoms with Gasteiger partial charge >= 0.3 is 0 Å². The van der Waals surface area contributed by atoms with Crippen LogP contribution in [0.3, 0.4) is 0 Å². The fourth-order valence-corrected chi connectivity index (χ4v) is 5.67. The molecule has 6 heteroatoms. The summed E-state index contributed by atoms with van der Waals surface area (Å²) in [5, 5.41) is 0. The van der Waals surface area contributed by atoms with Gasteiger partial charge in [-0.05, 0) is 63.1 Å². The summed E-state index contributed by atoms with van der Waals surface area (Å²) in [4.78, 5) is 33.2. The zero-order chi connectivity index (χ0) is 21.8. The summed E-state index contributed by atoms with van der Waals surface area (Å²) < 4.78 is 5.27.